The van der Waals surface area contributed by atoms with Gasteiger partial charge in [-0.25, -0.2) is 4.79 Å². The lowest BCUT2D eigenvalue weighted by atomic mass is 9.91. The Hall–Kier alpha value is -2.70. The normalized spacial score (nSPS) is 18.8. The molecule has 4 rings (SSSR count). The fourth-order valence-corrected chi connectivity index (χ4v) is 4.04. The highest BCUT2D eigenvalue weighted by Crippen LogP contribution is 2.32. The summed E-state index contributed by atoms with van der Waals surface area (Å²) in [7, 11) is 0. The zero-order valence-corrected chi connectivity index (χ0v) is 15.6. The number of nitrogens with zero attached hydrogens (tertiary/aromatic N) is 1. The Labute approximate surface area is 163 Å². The third-order valence-corrected chi connectivity index (χ3v) is 5.54. The lowest BCUT2D eigenvalue weighted by molar-refractivity contribution is -0.146. The highest BCUT2D eigenvalue weighted by atomic mass is 16.5. The van der Waals surface area contributed by atoms with E-state index >= 15 is 0 Å². The first kappa shape index (κ1) is 18.7. The molecular weight excluding hydrogens is 358 g/mol. The van der Waals surface area contributed by atoms with Crippen LogP contribution in [0, 0.1) is 0 Å². The van der Waals surface area contributed by atoms with Crippen molar-refractivity contribution in [1.82, 2.24) is 4.90 Å². The second kappa shape index (κ2) is 7.73. The van der Waals surface area contributed by atoms with Gasteiger partial charge in [0.2, 0.25) is 0 Å². The van der Waals surface area contributed by atoms with Crippen LogP contribution in [0.15, 0.2) is 48.5 Å². The van der Waals surface area contributed by atoms with Crippen molar-refractivity contribution in [1.29, 1.82) is 0 Å². The van der Waals surface area contributed by atoms with Crippen LogP contribution < -0.4 is 0 Å². The van der Waals surface area contributed by atoms with E-state index in [4.69, 9.17) is 9.47 Å². The van der Waals surface area contributed by atoms with Crippen LogP contribution in [0.2, 0.25) is 0 Å². The van der Waals surface area contributed by atoms with Crippen LogP contribution in [-0.4, -0.2) is 60.4 Å². The number of morpholine rings is 1. The van der Waals surface area contributed by atoms with Crippen molar-refractivity contribution in [2.45, 2.75) is 18.4 Å². The van der Waals surface area contributed by atoms with Gasteiger partial charge in [0.05, 0.1) is 24.3 Å². The first-order valence-electron chi connectivity index (χ1n) is 9.52. The van der Waals surface area contributed by atoms with Crippen LogP contribution in [0.4, 0.5) is 0 Å². The van der Waals surface area contributed by atoms with Crippen LogP contribution in [0.25, 0.3) is 11.1 Å². The van der Waals surface area contributed by atoms with Gasteiger partial charge in [-0.05, 0) is 23.3 Å². The van der Waals surface area contributed by atoms with Crippen LogP contribution >= 0.6 is 0 Å². The smallest absolute Gasteiger partial charge is 0.336 e. The zero-order chi connectivity index (χ0) is 19.6. The number of carboxylic acid groups (broad SMARTS) is 1. The number of aromatic carboxylic acids is 1. The number of carboxylic acids is 1. The van der Waals surface area contributed by atoms with Gasteiger partial charge >= 0.3 is 5.97 Å². The van der Waals surface area contributed by atoms with Crippen molar-refractivity contribution in [3.8, 4) is 11.1 Å². The van der Waals surface area contributed by atoms with Crippen molar-refractivity contribution in [2.75, 3.05) is 32.9 Å². The molecule has 0 aliphatic carbocycles. The van der Waals surface area contributed by atoms with E-state index in [1.807, 2.05) is 17.0 Å². The maximum atomic E-state index is 13.4. The Morgan fingerprint density at radius 2 is 1.50 bits per heavy atom. The quantitative estimate of drug-likeness (QED) is 0.884. The minimum atomic E-state index is -1.01. The molecule has 0 aromatic heterocycles. The van der Waals surface area contributed by atoms with Gasteiger partial charge in [-0.2, -0.15) is 0 Å². The Morgan fingerprint density at radius 1 is 0.893 bits per heavy atom. The number of hydrogen-bond acceptors (Lipinski definition) is 4. The van der Waals surface area contributed by atoms with Gasteiger partial charge in [-0.3, -0.25) is 4.79 Å². The predicted molar refractivity (Wildman–Crippen MR) is 103 cm³/mol. The number of rotatable bonds is 3. The molecule has 2 fully saturated rings. The van der Waals surface area contributed by atoms with Gasteiger partial charge in [0.15, 0.2) is 0 Å². The van der Waals surface area contributed by atoms with E-state index < -0.39 is 5.97 Å². The Balaban J connectivity index is 1.67. The molecule has 2 aromatic rings. The third kappa shape index (κ3) is 3.53. The van der Waals surface area contributed by atoms with E-state index in [0.29, 0.717) is 49.6 Å². The molecule has 146 valence electrons. The van der Waals surface area contributed by atoms with Crippen LogP contribution in [0.5, 0.6) is 0 Å². The molecule has 1 amide bonds. The molecule has 2 heterocycles. The Bertz CT molecular complexity index is 882. The van der Waals surface area contributed by atoms with E-state index in [0.717, 1.165) is 12.8 Å². The molecule has 0 unspecified atom stereocenters. The van der Waals surface area contributed by atoms with Gasteiger partial charge in [0, 0.05) is 38.2 Å². The second-order valence-corrected chi connectivity index (χ2v) is 7.27. The standard InChI is InChI=1S/C22H23NO5/c24-20(23-11-14-28-22(15-23)9-12-27-13-10-22)18-7-3-1-5-16(18)17-6-2-4-8-19(17)21(25)26/h1-8H,9-15H2,(H,25,26). The summed E-state index contributed by atoms with van der Waals surface area (Å²) in [4.78, 5) is 26.9. The summed E-state index contributed by atoms with van der Waals surface area (Å²) < 4.78 is 11.5. The Morgan fingerprint density at radius 3 is 2.18 bits per heavy atom. The lowest BCUT2D eigenvalue weighted by Gasteiger charge is -2.44. The van der Waals surface area contributed by atoms with Crippen molar-refractivity contribution in [2.24, 2.45) is 0 Å². The summed E-state index contributed by atoms with van der Waals surface area (Å²) in [6.07, 6.45) is 1.56. The van der Waals surface area contributed by atoms with Crippen molar-refractivity contribution in [3.63, 3.8) is 0 Å². The van der Waals surface area contributed by atoms with E-state index in [-0.39, 0.29) is 17.1 Å². The fraction of sp³-hybridized carbons (Fsp3) is 0.364. The highest BCUT2D eigenvalue weighted by molar-refractivity contribution is 6.04. The summed E-state index contributed by atoms with van der Waals surface area (Å²) >= 11 is 0. The van der Waals surface area contributed by atoms with Gasteiger partial charge in [-0.1, -0.05) is 36.4 Å². The summed E-state index contributed by atoms with van der Waals surface area (Å²) in [6.45, 7) is 2.84. The van der Waals surface area contributed by atoms with Crippen molar-refractivity contribution in [3.05, 3.63) is 59.7 Å². The molecule has 0 bridgehead atoms. The minimum Gasteiger partial charge on any atom is -0.478 e. The van der Waals surface area contributed by atoms with Crippen LogP contribution in [0.3, 0.4) is 0 Å². The topological polar surface area (TPSA) is 76.1 Å². The molecule has 0 saturated carbocycles. The van der Waals surface area contributed by atoms with Gasteiger partial charge in [-0.15, -0.1) is 0 Å². The number of benzene rings is 2. The fourth-order valence-electron chi connectivity index (χ4n) is 4.04. The molecular formula is C22H23NO5. The summed E-state index contributed by atoms with van der Waals surface area (Å²) in [6, 6.07) is 14.0. The molecule has 2 saturated heterocycles. The third-order valence-electron chi connectivity index (χ3n) is 5.54. The molecule has 6 heteroatoms. The lowest BCUT2D eigenvalue weighted by Crippen LogP contribution is -2.55. The molecule has 1 N–H and O–H groups in total. The number of carbonyl (C=O) groups is 2. The zero-order valence-electron chi connectivity index (χ0n) is 15.6. The summed E-state index contributed by atoms with van der Waals surface area (Å²) in [5.41, 5.74) is 1.55. The Kier molecular flexibility index (Phi) is 5.15. The van der Waals surface area contributed by atoms with Gasteiger partial charge in [0.1, 0.15) is 0 Å². The van der Waals surface area contributed by atoms with Crippen molar-refractivity contribution < 1.29 is 24.2 Å². The average Bonchev–Trinajstić information content (AvgIpc) is 2.74. The summed E-state index contributed by atoms with van der Waals surface area (Å²) in [5, 5.41) is 9.55. The first-order chi connectivity index (χ1) is 13.6. The van der Waals surface area contributed by atoms with Gasteiger partial charge < -0.3 is 19.5 Å². The molecule has 0 radical (unpaired) electrons. The molecule has 28 heavy (non-hydrogen) atoms. The maximum Gasteiger partial charge on any atom is 0.336 e. The molecule has 2 aliphatic heterocycles. The number of ether oxygens (including phenoxy) is 2. The van der Waals surface area contributed by atoms with Crippen molar-refractivity contribution >= 4 is 11.9 Å². The molecule has 6 nitrogen and oxygen atoms in total. The number of carbonyl (C=O) groups excluding carboxylic acids is 1. The van der Waals surface area contributed by atoms with E-state index in [1.165, 1.54) is 0 Å². The molecule has 2 aromatic carbocycles. The van der Waals surface area contributed by atoms with Crippen LogP contribution in [0.1, 0.15) is 33.6 Å². The van der Waals surface area contributed by atoms with Gasteiger partial charge in [0.25, 0.3) is 5.91 Å². The van der Waals surface area contributed by atoms with E-state index in [2.05, 4.69) is 0 Å². The average molecular weight is 381 g/mol. The molecule has 0 atom stereocenters. The predicted octanol–water partition coefficient (Wildman–Crippen LogP) is 3.07. The van der Waals surface area contributed by atoms with E-state index in [9.17, 15) is 14.7 Å². The van der Waals surface area contributed by atoms with Crippen LogP contribution in [-0.2, 0) is 9.47 Å². The number of amides is 1. The van der Waals surface area contributed by atoms with E-state index in [1.54, 1.807) is 36.4 Å². The first-order valence-corrected chi connectivity index (χ1v) is 9.52. The molecule has 1 spiro atoms. The maximum absolute atomic E-state index is 13.4. The molecule has 2 aliphatic rings. The largest absolute Gasteiger partial charge is 0.478 e. The minimum absolute atomic E-state index is 0.0926. The highest BCUT2D eigenvalue weighted by Gasteiger charge is 2.40. The summed E-state index contributed by atoms with van der Waals surface area (Å²) in [5.74, 6) is -1.10. The second-order valence-electron chi connectivity index (χ2n) is 7.27. The number of hydrogen-bond donors (Lipinski definition) is 1. The monoisotopic (exact) mass is 381 g/mol. The SMILES string of the molecule is O=C(O)c1ccccc1-c1ccccc1C(=O)N1CCOC2(CCOCC2)C1.